The molecule has 1 fully saturated rings. The number of nitrogens with one attached hydrogen (secondary N) is 1. The van der Waals surface area contributed by atoms with E-state index in [9.17, 15) is 0 Å². The highest BCUT2D eigenvalue weighted by atomic mass is 15.2. The Morgan fingerprint density at radius 3 is 2.44 bits per heavy atom. The molecule has 1 aromatic carbocycles. The molecule has 1 aromatic rings. The highest BCUT2D eigenvalue weighted by Gasteiger charge is 2.26. The first-order valence-corrected chi connectivity index (χ1v) is 6.25. The molecule has 0 amide bonds. The summed E-state index contributed by atoms with van der Waals surface area (Å²) in [6, 6.07) is 9.58. The van der Waals surface area contributed by atoms with Gasteiger partial charge in [0, 0.05) is 25.3 Å². The van der Waals surface area contributed by atoms with Crippen molar-refractivity contribution in [2.24, 2.45) is 5.92 Å². The van der Waals surface area contributed by atoms with E-state index in [-0.39, 0.29) is 0 Å². The lowest BCUT2D eigenvalue weighted by Crippen LogP contribution is -2.37. The van der Waals surface area contributed by atoms with Gasteiger partial charge in [0.05, 0.1) is 0 Å². The van der Waals surface area contributed by atoms with Crippen LogP contribution in [0.1, 0.15) is 19.4 Å². The van der Waals surface area contributed by atoms with Gasteiger partial charge in [-0.2, -0.15) is 0 Å². The van der Waals surface area contributed by atoms with Crippen LogP contribution in [0.25, 0.3) is 0 Å². The van der Waals surface area contributed by atoms with Crippen molar-refractivity contribution in [3.05, 3.63) is 29.8 Å². The van der Waals surface area contributed by atoms with Crippen molar-refractivity contribution in [1.29, 1.82) is 0 Å². The molecule has 2 nitrogen and oxygen atoms in total. The van der Waals surface area contributed by atoms with Gasteiger partial charge in [0.2, 0.25) is 0 Å². The van der Waals surface area contributed by atoms with Crippen molar-refractivity contribution in [1.82, 2.24) is 5.32 Å². The van der Waals surface area contributed by atoms with Gasteiger partial charge in [-0.3, -0.25) is 0 Å². The van der Waals surface area contributed by atoms with E-state index in [0.29, 0.717) is 6.04 Å². The summed E-state index contributed by atoms with van der Waals surface area (Å²) >= 11 is 0. The summed E-state index contributed by atoms with van der Waals surface area (Å²) in [7, 11) is 2.20. The fraction of sp³-hybridized carbons (Fsp3) is 0.571. The minimum Gasteiger partial charge on any atom is -0.370 e. The molecule has 2 unspecified atom stereocenters. The predicted octanol–water partition coefficient (Wildman–Crippen LogP) is 2.29. The molecule has 1 saturated heterocycles. The maximum absolute atomic E-state index is 3.45. The molecule has 1 heterocycles. The second kappa shape index (κ2) is 4.88. The molecular weight excluding hydrogens is 196 g/mol. The van der Waals surface area contributed by atoms with Crippen LogP contribution < -0.4 is 10.2 Å². The van der Waals surface area contributed by atoms with Gasteiger partial charge >= 0.3 is 0 Å². The van der Waals surface area contributed by atoms with Crippen LogP contribution in [0, 0.1) is 5.92 Å². The van der Waals surface area contributed by atoms with Gasteiger partial charge in [0.25, 0.3) is 0 Å². The van der Waals surface area contributed by atoms with Crippen LogP contribution in [0.2, 0.25) is 0 Å². The zero-order chi connectivity index (χ0) is 11.5. The minimum atomic E-state index is 0.632. The molecule has 0 saturated carbocycles. The molecule has 2 heteroatoms. The van der Waals surface area contributed by atoms with Crippen molar-refractivity contribution in [2.45, 2.75) is 26.3 Å². The van der Waals surface area contributed by atoms with Crippen LogP contribution in [0.3, 0.4) is 0 Å². The normalized spacial score (nSPS) is 24.7. The lowest BCUT2D eigenvalue weighted by atomic mass is 10.0. The van der Waals surface area contributed by atoms with E-state index in [1.54, 1.807) is 0 Å². The van der Waals surface area contributed by atoms with Gasteiger partial charge in [-0.15, -0.1) is 0 Å². The predicted molar refractivity (Wildman–Crippen MR) is 70.0 cm³/mol. The quantitative estimate of drug-likeness (QED) is 0.837. The van der Waals surface area contributed by atoms with E-state index in [1.165, 1.54) is 11.3 Å². The summed E-state index contributed by atoms with van der Waals surface area (Å²) in [5.74, 6) is 0.732. The number of benzene rings is 1. The van der Waals surface area contributed by atoms with Gasteiger partial charge in [0.15, 0.2) is 0 Å². The summed E-state index contributed by atoms with van der Waals surface area (Å²) in [5, 5.41) is 3.45. The fourth-order valence-corrected chi connectivity index (χ4v) is 2.47. The van der Waals surface area contributed by atoms with Crippen LogP contribution in [0.5, 0.6) is 0 Å². The van der Waals surface area contributed by atoms with Gasteiger partial charge in [-0.05, 0) is 36.6 Å². The SMILES string of the molecule is CCc1ccc(N(C)C2CNCC2C)cc1. The average molecular weight is 218 g/mol. The summed E-state index contributed by atoms with van der Waals surface area (Å²) in [6.45, 7) is 6.76. The lowest BCUT2D eigenvalue weighted by Gasteiger charge is -2.29. The number of hydrogen-bond donors (Lipinski definition) is 1. The van der Waals surface area contributed by atoms with Gasteiger partial charge in [-0.25, -0.2) is 0 Å². The second-order valence-corrected chi connectivity index (χ2v) is 4.83. The fourth-order valence-electron chi connectivity index (χ4n) is 2.47. The molecular formula is C14H22N2. The molecule has 88 valence electrons. The number of hydrogen-bond acceptors (Lipinski definition) is 2. The molecule has 2 rings (SSSR count). The summed E-state index contributed by atoms with van der Waals surface area (Å²) < 4.78 is 0. The molecule has 0 radical (unpaired) electrons. The molecule has 0 aliphatic carbocycles. The molecule has 1 N–H and O–H groups in total. The molecule has 1 aliphatic rings. The van der Waals surface area contributed by atoms with Crippen molar-refractivity contribution >= 4 is 5.69 Å². The van der Waals surface area contributed by atoms with Crippen LogP contribution in [0.4, 0.5) is 5.69 Å². The standard InChI is InChI=1S/C14H22N2/c1-4-12-5-7-13(8-6-12)16(3)14-10-15-9-11(14)2/h5-8,11,14-15H,4,9-10H2,1-3H3. The molecule has 2 atom stereocenters. The third-order valence-corrected chi connectivity index (χ3v) is 3.73. The van der Waals surface area contributed by atoms with Crippen LogP contribution >= 0.6 is 0 Å². The molecule has 0 aromatic heterocycles. The van der Waals surface area contributed by atoms with Gasteiger partial charge in [-0.1, -0.05) is 26.0 Å². The van der Waals surface area contributed by atoms with E-state index < -0.39 is 0 Å². The third-order valence-electron chi connectivity index (χ3n) is 3.73. The Morgan fingerprint density at radius 1 is 1.25 bits per heavy atom. The Hall–Kier alpha value is -1.02. The smallest absolute Gasteiger partial charge is 0.0448 e. The summed E-state index contributed by atoms with van der Waals surface area (Å²) in [4.78, 5) is 2.41. The second-order valence-electron chi connectivity index (χ2n) is 4.83. The maximum atomic E-state index is 3.45. The Bertz CT molecular complexity index is 331. The molecule has 16 heavy (non-hydrogen) atoms. The molecule has 0 bridgehead atoms. The lowest BCUT2D eigenvalue weighted by molar-refractivity contribution is 0.539. The number of aryl methyl sites for hydroxylation is 1. The highest BCUT2D eigenvalue weighted by molar-refractivity contribution is 5.48. The largest absolute Gasteiger partial charge is 0.370 e. The van der Waals surface area contributed by atoms with Crippen LogP contribution in [-0.2, 0) is 6.42 Å². The van der Waals surface area contributed by atoms with Crippen molar-refractivity contribution in [3.8, 4) is 0 Å². The number of nitrogens with zero attached hydrogens (tertiary/aromatic N) is 1. The van der Waals surface area contributed by atoms with Crippen molar-refractivity contribution in [3.63, 3.8) is 0 Å². The average Bonchev–Trinajstić information content (AvgIpc) is 2.75. The van der Waals surface area contributed by atoms with Crippen molar-refractivity contribution in [2.75, 3.05) is 25.0 Å². The zero-order valence-electron chi connectivity index (χ0n) is 10.5. The number of anilines is 1. The van der Waals surface area contributed by atoms with E-state index in [1.807, 2.05) is 0 Å². The Morgan fingerprint density at radius 2 is 1.94 bits per heavy atom. The summed E-state index contributed by atoms with van der Waals surface area (Å²) in [6.07, 6.45) is 1.12. The van der Waals surface area contributed by atoms with E-state index in [2.05, 4.69) is 55.4 Å². The molecule has 1 aliphatic heterocycles. The monoisotopic (exact) mass is 218 g/mol. The Labute approximate surface area is 98.7 Å². The first-order chi connectivity index (χ1) is 7.72. The first kappa shape index (κ1) is 11.5. The number of likely N-dealkylation sites (N-methyl/N-ethyl adjacent to an activating group) is 1. The van der Waals surface area contributed by atoms with Crippen LogP contribution in [0.15, 0.2) is 24.3 Å². The first-order valence-electron chi connectivity index (χ1n) is 6.25. The number of rotatable bonds is 3. The van der Waals surface area contributed by atoms with E-state index in [0.717, 1.165) is 25.4 Å². The molecule has 0 spiro atoms. The third kappa shape index (κ3) is 2.22. The van der Waals surface area contributed by atoms with E-state index in [4.69, 9.17) is 0 Å². The van der Waals surface area contributed by atoms with E-state index >= 15 is 0 Å². The zero-order valence-corrected chi connectivity index (χ0v) is 10.5. The van der Waals surface area contributed by atoms with Gasteiger partial charge < -0.3 is 10.2 Å². The van der Waals surface area contributed by atoms with Gasteiger partial charge in [0.1, 0.15) is 0 Å². The van der Waals surface area contributed by atoms with Crippen LogP contribution in [-0.4, -0.2) is 26.2 Å². The maximum Gasteiger partial charge on any atom is 0.0448 e. The highest BCUT2D eigenvalue weighted by Crippen LogP contribution is 2.22. The summed E-state index contributed by atoms with van der Waals surface area (Å²) in [5.41, 5.74) is 2.74. The topological polar surface area (TPSA) is 15.3 Å². The van der Waals surface area contributed by atoms with Crippen molar-refractivity contribution < 1.29 is 0 Å². The Kier molecular flexibility index (Phi) is 3.49. The Balaban J connectivity index is 2.10. The minimum absolute atomic E-state index is 0.632.